The SMILES string of the molecule is OC(CC1CCOCC1)c1cccc(Cl)c1F. The van der Waals surface area contributed by atoms with Crippen LogP contribution in [0.3, 0.4) is 0 Å². The first kappa shape index (κ1) is 12.8. The number of aliphatic hydroxyl groups excluding tert-OH is 1. The van der Waals surface area contributed by atoms with Crippen molar-refractivity contribution >= 4 is 11.6 Å². The Bertz CT molecular complexity index is 378. The number of ether oxygens (including phenoxy) is 1. The second kappa shape index (κ2) is 5.80. The Kier molecular flexibility index (Phi) is 4.37. The fourth-order valence-electron chi connectivity index (χ4n) is 2.20. The van der Waals surface area contributed by atoms with Gasteiger partial charge in [-0.2, -0.15) is 0 Å². The zero-order valence-electron chi connectivity index (χ0n) is 9.53. The van der Waals surface area contributed by atoms with Crippen LogP contribution in [0.5, 0.6) is 0 Å². The molecule has 1 saturated heterocycles. The van der Waals surface area contributed by atoms with Crippen molar-refractivity contribution < 1.29 is 14.2 Å². The molecule has 0 spiro atoms. The highest BCUT2D eigenvalue weighted by molar-refractivity contribution is 6.30. The fourth-order valence-corrected chi connectivity index (χ4v) is 2.38. The summed E-state index contributed by atoms with van der Waals surface area (Å²) in [4.78, 5) is 0. The van der Waals surface area contributed by atoms with Crippen molar-refractivity contribution in [2.24, 2.45) is 5.92 Å². The third-order valence-corrected chi connectivity index (χ3v) is 3.53. The van der Waals surface area contributed by atoms with Crippen LogP contribution in [0.25, 0.3) is 0 Å². The van der Waals surface area contributed by atoms with E-state index in [1.54, 1.807) is 12.1 Å². The molecule has 1 N–H and O–H groups in total. The quantitative estimate of drug-likeness (QED) is 0.901. The van der Waals surface area contributed by atoms with Gasteiger partial charge in [-0.1, -0.05) is 23.7 Å². The molecule has 1 heterocycles. The summed E-state index contributed by atoms with van der Waals surface area (Å²) < 4.78 is 18.9. The summed E-state index contributed by atoms with van der Waals surface area (Å²) in [6.45, 7) is 1.46. The van der Waals surface area contributed by atoms with Crippen LogP contribution in [-0.2, 0) is 4.74 Å². The minimum Gasteiger partial charge on any atom is -0.388 e. The molecule has 0 aromatic heterocycles. The highest BCUT2D eigenvalue weighted by Gasteiger charge is 2.21. The zero-order valence-corrected chi connectivity index (χ0v) is 10.3. The molecule has 0 bridgehead atoms. The summed E-state index contributed by atoms with van der Waals surface area (Å²) in [6.07, 6.45) is 1.65. The molecule has 1 aromatic rings. The largest absolute Gasteiger partial charge is 0.388 e. The molecular formula is C13H16ClFO2. The summed E-state index contributed by atoms with van der Waals surface area (Å²) in [5.74, 6) is -0.106. The average Bonchev–Trinajstić information content (AvgIpc) is 2.34. The number of halogens is 2. The first-order chi connectivity index (χ1) is 8.18. The monoisotopic (exact) mass is 258 g/mol. The molecule has 2 nitrogen and oxygen atoms in total. The minimum atomic E-state index is -0.781. The van der Waals surface area contributed by atoms with E-state index >= 15 is 0 Å². The van der Waals surface area contributed by atoms with E-state index in [4.69, 9.17) is 16.3 Å². The number of hydrogen-bond acceptors (Lipinski definition) is 2. The average molecular weight is 259 g/mol. The molecule has 1 fully saturated rings. The molecule has 1 atom stereocenters. The maximum absolute atomic E-state index is 13.7. The van der Waals surface area contributed by atoms with Gasteiger partial charge in [0.05, 0.1) is 11.1 Å². The normalized spacial score (nSPS) is 19.2. The van der Waals surface area contributed by atoms with E-state index in [1.807, 2.05) is 0 Å². The lowest BCUT2D eigenvalue weighted by Crippen LogP contribution is -2.18. The summed E-state index contributed by atoms with van der Waals surface area (Å²) in [7, 11) is 0. The predicted octanol–water partition coefficient (Wildman–Crippen LogP) is 3.33. The number of rotatable bonds is 3. The lowest BCUT2D eigenvalue weighted by molar-refractivity contribution is 0.0428. The van der Waals surface area contributed by atoms with Gasteiger partial charge >= 0.3 is 0 Å². The van der Waals surface area contributed by atoms with Crippen LogP contribution in [0.1, 0.15) is 30.9 Å². The molecule has 1 aliphatic heterocycles. The van der Waals surface area contributed by atoms with Crippen molar-refractivity contribution in [3.63, 3.8) is 0 Å². The maximum atomic E-state index is 13.7. The summed E-state index contributed by atoms with van der Waals surface area (Å²) in [5, 5.41) is 10.1. The van der Waals surface area contributed by atoms with E-state index in [0.717, 1.165) is 26.1 Å². The maximum Gasteiger partial charge on any atom is 0.147 e. The van der Waals surface area contributed by atoms with Crippen LogP contribution in [0.2, 0.25) is 5.02 Å². The van der Waals surface area contributed by atoms with Gasteiger partial charge in [0, 0.05) is 18.8 Å². The first-order valence-electron chi connectivity index (χ1n) is 5.88. The van der Waals surface area contributed by atoms with E-state index in [2.05, 4.69) is 0 Å². The van der Waals surface area contributed by atoms with Crippen LogP contribution in [0, 0.1) is 11.7 Å². The van der Waals surface area contributed by atoms with Gasteiger partial charge in [0.25, 0.3) is 0 Å². The summed E-state index contributed by atoms with van der Waals surface area (Å²) in [5.41, 5.74) is 0.295. The molecule has 0 radical (unpaired) electrons. The third kappa shape index (κ3) is 3.18. The van der Waals surface area contributed by atoms with Gasteiger partial charge in [0.1, 0.15) is 5.82 Å². The van der Waals surface area contributed by atoms with Gasteiger partial charge in [0.2, 0.25) is 0 Å². The molecule has 0 saturated carbocycles. The Morgan fingerprint density at radius 2 is 2.12 bits per heavy atom. The highest BCUT2D eigenvalue weighted by atomic mass is 35.5. The second-order valence-electron chi connectivity index (χ2n) is 4.45. The van der Waals surface area contributed by atoms with Gasteiger partial charge in [-0.15, -0.1) is 0 Å². The van der Waals surface area contributed by atoms with E-state index < -0.39 is 11.9 Å². The topological polar surface area (TPSA) is 29.5 Å². The van der Waals surface area contributed by atoms with Gasteiger partial charge in [-0.3, -0.25) is 0 Å². The Balaban J connectivity index is 2.03. The Labute approximate surface area is 105 Å². The van der Waals surface area contributed by atoms with Gasteiger partial charge < -0.3 is 9.84 Å². The molecule has 0 aliphatic carbocycles. The number of benzene rings is 1. The van der Waals surface area contributed by atoms with Gasteiger partial charge in [-0.05, 0) is 31.2 Å². The number of hydrogen-bond donors (Lipinski definition) is 1. The Morgan fingerprint density at radius 1 is 1.41 bits per heavy atom. The van der Waals surface area contributed by atoms with Crippen molar-refractivity contribution in [1.82, 2.24) is 0 Å². The highest BCUT2D eigenvalue weighted by Crippen LogP contribution is 2.30. The van der Waals surface area contributed by atoms with Crippen molar-refractivity contribution in [1.29, 1.82) is 0 Å². The molecule has 0 amide bonds. The van der Waals surface area contributed by atoms with Crippen LogP contribution in [0.15, 0.2) is 18.2 Å². The summed E-state index contributed by atoms with van der Waals surface area (Å²) in [6, 6.07) is 4.74. The standard InChI is InChI=1S/C13H16ClFO2/c14-11-3-1-2-10(13(11)15)12(16)8-9-4-6-17-7-5-9/h1-3,9,12,16H,4-8H2. The van der Waals surface area contributed by atoms with Gasteiger partial charge in [-0.25, -0.2) is 4.39 Å². The first-order valence-corrected chi connectivity index (χ1v) is 6.26. The summed E-state index contributed by atoms with van der Waals surface area (Å²) >= 11 is 5.69. The van der Waals surface area contributed by atoms with E-state index in [9.17, 15) is 9.50 Å². The van der Waals surface area contributed by atoms with E-state index in [0.29, 0.717) is 17.9 Å². The zero-order chi connectivity index (χ0) is 12.3. The molecule has 1 unspecified atom stereocenters. The van der Waals surface area contributed by atoms with Crippen LogP contribution in [0.4, 0.5) is 4.39 Å². The molecule has 4 heteroatoms. The van der Waals surface area contributed by atoms with Crippen LogP contribution < -0.4 is 0 Å². The molecular weight excluding hydrogens is 243 g/mol. The van der Waals surface area contributed by atoms with Crippen molar-refractivity contribution in [2.45, 2.75) is 25.4 Å². The predicted molar refractivity (Wildman–Crippen MR) is 64.5 cm³/mol. The molecule has 17 heavy (non-hydrogen) atoms. The lowest BCUT2D eigenvalue weighted by Gasteiger charge is -2.24. The lowest BCUT2D eigenvalue weighted by atomic mass is 9.91. The fraction of sp³-hybridized carbons (Fsp3) is 0.538. The molecule has 1 aliphatic rings. The van der Waals surface area contributed by atoms with Gasteiger partial charge in [0.15, 0.2) is 0 Å². The van der Waals surface area contributed by atoms with Crippen LogP contribution >= 0.6 is 11.6 Å². The number of aliphatic hydroxyl groups is 1. The van der Waals surface area contributed by atoms with Crippen molar-refractivity contribution in [2.75, 3.05) is 13.2 Å². The molecule has 94 valence electrons. The minimum absolute atomic E-state index is 0.0635. The van der Waals surface area contributed by atoms with Crippen molar-refractivity contribution in [3.8, 4) is 0 Å². The Hall–Kier alpha value is -0.640. The smallest absolute Gasteiger partial charge is 0.147 e. The van der Waals surface area contributed by atoms with Crippen LogP contribution in [-0.4, -0.2) is 18.3 Å². The Morgan fingerprint density at radius 3 is 2.82 bits per heavy atom. The van der Waals surface area contributed by atoms with Crippen molar-refractivity contribution in [3.05, 3.63) is 34.6 Å². The molecule has 1 aromatic carbocycles. The third-order valence-electron chi connectivity index (χ3n) is 3.24. The second-order valence-corrected chi connectivity index (χ2v) is 4.86. The van der Waals surface area contributed by atoms with E-state index in [1.165, 1.54) is 6.07 Å². The molecule has 2 rings (SSSR count). The van der Waals surface area contributed by atoms with E-state index in [-0.39, 0.29) is 5.02 Å².